The van der Waals surface area contributed by atoms with Crippen LogP contribution in [0.25, 0.3) is 11.3 Å². The number of benzene rings is 2. The van der Waals surface area contributed by atoms with Crippen molar-refractivity contribution in [3.63, 3.8) is 0 Å². The van der Waals surface area contributed by atoms with E-state index in [1.54, 1.807) is 0 Å². The van der Waals surface area contributed by atoms with Crippen molar-refractivity contribution in [2.75, 3.05) is 11.3 Å². The number of sulfonamides is 1. The number of hydrogen-bond donors (Lipinski definition) is 1. The number of aromatic nitrogens is 2. The van der Waals surface area contributed by atoms with Crippen LogP contribution >= 0.6 is 0 Å². The maximum Gasteiger partial charge on any atom is 0.522 e. The smallest absolute Gasteiger partial charge is 0.475 e. The summed E-state index contributed by atoms with van der Waals surface area (Å²) in [6.45, 7) is 3.13. The van der Waals surface area contributed by atoms with Gasteiger partial charge in [0.15, 0.2) is 0 Å². The number of carbonyl (C=O) groups is 1. The molecule has 0 spiro atoms. The molecular formula is C31H30F6N4O5S. The first-order valence-corrected chi connectivity index (χ1v) is 16.3. The highest BCUT2D eigenvalue weighted by atomic mass is 32.2. The predicted molar refractivity (Wildman–Crippen MR) is 156 cm³/mol. The topological polar surface area (TPSA) is 111 Å². The van der Waals surface area contributed by atoms with E-state index in [4.69, 9.17) is 4.74 Å². The van der Waals surface area contributed by atoms with Gasteiger partial charge in [-0.25, -0.2) is 18.1 Å². The largest absolute Gasteiger partial charge is 0.522 e. The van der Waals surface area contributed by atoms with Crippen LogP contribution in [-0.2, 0) is 14.8 Å². The fourth-order valence-corrected chi connectivity index (χ4v) is 7.31. The molecule has 3 aromatic rings. The summed E-state index contributed by atoms with van der Waals surface area (Å²) in [5.74, 6) is -1.40. The Hall–Kier alpha value is -3.92. The lowest BCUT2D eigenvalue weighted by molar-refractivity contribution is -0.353. The van der Waals surface area contributed by atoms with Crippen molar-refractivity contribution in [2.24, 2.45) is 5.41 Å². The Morgan fingerprint density at radius 2 is 1.66 bits per heavy atom. The van der Waals surface area contributed by atoms with Gasteiger partial charge in [0.05, 0.1) is 28.2 Å². The van der Waals surface area contributed by atoms with Crippen LogP contribution in [-0.4, -0.2) is 66.5 Å². The molecule has 2 fully saturated rings. The van der Waals surface area contributed by atoms with Crippen LogP contribution in [0, 0.1) is 19.3 Å². The number of carbonyl (C=O) groups excluding carboxylic acids is 1. The molecule has 2 aliphatic carbocycles. The molecule has 1 amide bonds. The maximum absolute atomic E-state index is 14.3. The molecule has 9 nitrogen and oxygen atoms in total. The first-order chi connectivity index (χ1) is 21.9. The molecule has 1 aromatic heterocycles. The van der Waals surface area contributed by atoms with E-state index < -0.39 is 65.1 Å². The van der Waals surface area contributed by atoms with Crippen LogP contribution in [0.15, 0.2) is 53.4 Å². The molecule has 1 aliphatic heterocycles. The Balaban J connectivity index is 1.47. The Morgan fingerprint density at radius 3 is 2.28 bits per heavy atom. The van der Waals surface area contributed by atoms with E-state index in [-0.39, 0.29) is 53.7 Å². The van der Waals surface area contributed by atoms with Crippen LogP contribution < -0.4 is 9.46 Å². The molecule has 6 rings (SSSR count). The van der Waals surface area contributed by atoms with Gasteiger partial charge in [0.2, 0.25) is 11.8 Å². The molecule has 1 atom stereocenters. The van der Waals surface area contributed by atoms with Crippen LogP contribution in [0.2, 0.25) is 0 Å². The van der Waals surface area contributed by atoms with Crippen LogP contribution in [0.5, 0.6) is 5.88 Å². The third-order valence-corrected chi connectivity index (χ3v) is 10.3. The number of rotatable bonds is 5. The standard InChI is InChI=1S/C31H30F6N4O5S/c1-17-5-3-6-18(2)26(17)24-14-25-39-28(38-24)40-47(43,44)23-8-4-7-19(11-23)27(42)41(20-12-22(13-20)46-31(35,36)37)21(16-45-25)15-29(9-10-29)30(32,33)34/h3-8,11,14,20-22H,9-10,12-13,15-16H2,1-2H3,(H,38,39,40)/t20-,21-,22+/m1/s1. The van der Waals surface area contributed by atoms with Gasteiger partial charge in [-0.3, -0.25) is 9.53 Å². The highest BCUT2D eigenvalue weighted by Crippen LogP contribution is 2.61. The quantitative estimate of drug-likeness (QED) is 0.303. The lowest BCUT2D eigenvalue weighted by Gasteiger charge is -2.46. The molecule has 47 heavy (non-hydrogen) atoms. The van der Waals surface area contributed by atoms with Crippen molar-refractivity contribution in [1.29, 1.82) is 0 Å². The second kappa shape index (κ2) is 11.6. The number of amides is 1. The van der Waals surface area contributed by atoms with Gasteiger partial charge in [0.1, 0.15) is 6.61 Å². The normalized spacial score (nSPS) is 23.7. The van der Waals surface area contributed by atoms with Gasteiger partial charge in [-0.15, -0.1) is 13.2 Å². The number of alkyl halides is 6. The van der Waals surface area contributed by atoms with E-state index in [9.17, 15) is 39.6 Å². The molecule has 252 valence electrons. The number of nitrogens with one attached hydrogen (secondary N) is 1. The number of hydrogen-bond acceptors (Lipinski definition) is 7. The third kappa shape index (κ3) is 6.75. The summed E-state index contributed by atoms with van der Waals surface area (Å²) >= 11 is 0. The molecule has 1 N–H and O–H groups in total. The first-order valence-electron chi connectivity index (χ1n) is 14.8. The Morgan fingerprint density at radius 1 is 1.00 bits per heavy atom. The molecule has 0 radical (unpaired) electrons. The van der Waals surface area contributed by atoms with Crippen LogP contribution in [0.3, 0.4) is 0 Å². The van der Waals surface area contributed by atoms with Gasteiger partial charge in [0, 0.05) is 23.2 Å². The monoisotopic (exact) mass is 684 g/mol. The number of nitrogens with zero attached hydrogens (tertiary/aromatic N) is 3. The third-order valence-electron chi connectivity index (χ3n) is 8.95. The van der Waals surface area contributed by atoms with Crippen molar-refractivity contribution < 1.29 is 49.0 Å². The van der Waals surface area contributed by atoms with E-state index in [1.165, 1.54) is 24.3 Å². The number of fused-ring (bicyclic) bond motifs is 4. The minimum Gasteiger partial charge on any atom is -0.475 e. The van der Waals surface area contributed by atoms with Gasteiger partial charge < -0.3 is 9.64 Å². The number of ether oxygens (including phenoxy) is 2. The molecule has 2 aromatic carbocycles. The summed E-state index contributed by atoms with van der Waals surface area (Å²) < 4.78 is 121. The molecule has 16 heteroatoms. The Bertz CT molecular complexity index is 1790. The molecular weight excluding hydrogens is 654 g/mol. The summed E-state index contributed by atoms with van der Waals surface area (Å²) in [6, 6.07) is 9.53. The Labute approximate surface area is 266 Å². The zero-order valence-electron chi connectivity index (χ0n) is 25.2. The van der Waals surface area contributed by atoms with Crippen LogP contribution in [0.1, 0.15) is 53.6 Å². The van der Waals surface area contributed by atoms with E-state index in [2.05, 4.69) is 19.4 Å². The van der Waals surface area contributed by atoms with E-state index in [1.807, 2.05) is 32.0 Å². The molecule has 2 heterocycles. The summed E-state index contributed by atoms with van der Waals surface area (Å²) in [6.07, 6.45) is -12.4. The van der Waals surface area contributed by atoms with Gasteiger partial charge in [-0.1, -0.05) is 24.3 Å². The van der Waals surface area contributed by atoms with Crippen molar-refractivity contribution in [3.05, 3.63) is 65.2 Å². The second-order valence-corrected chi connectivity index (χ2v) is 14.0. The second-order valence-electron chi connectivity index (χ2n) is 12.3. The van der Waals surface area contributed by atoms with Gasteiger partial charge in [-0.2, -0.15) is 18.2 Å². The summed E-state index contributed by atoms with van der Waals surface area (Å²) in [7, 11) is -4.41. The lowest BCUT2D eigenvalue weighted by Crippen LogP contribution is -2.57. The van der Waals surface area contributed by atoms with E-state index in [0.717, 1.165) is 22.1 Å². The average Bonchev–Trinajstić information content (AvgIpc) is 3.74. The molecule has 3 aliphatic rings. The zero-order valence-corrected chi connectivity index (χ0v) is 26.0. The number of anilines is 1. The minimum absolute atomic E-state index is 0.178. The van der Waals surface area contributed by atoms with E-state index >= 15 is 0 Å². The fourth-order valence-electron chi connectivity index (χ4n) is 6.32. The van der Waals surface area contributed by atoms with Gasteiger partial charge in [0.25, 0.3) is 15.9 Å². The van der Waals surface area contributed by atoms with Crippen molar-refractivity contribution in [3.8, 4) is 17.1 Å². The lowest BCUT2D eigenvalue weighted by atomic mass is 9.84. The fraction of sp³-hybridized carbons (Fsp3) is 0.452. The summed E-state index contributed by atoms with van der Waals surface area (Å²) in [5.41, 5.74) is 0.218. The van der Waals surface area contributed by atoms with Crippen LogP contribution in [0.4, 0.5) is 32.3 Å². The van der Waals surface area contributed by atoms with Crippen molar-refractivity contribution >= 4 is 21.9 Å². The predicted octanol–water partition coefficient (Wildman–Crippen LogP) is 6.56. The number of aryl methyl sites for hydroxylation is 2. The first kappa shape index (κ1) is 33.0. The number of halogens is 6. The van der Waals surface area contributed by atoms with Gasteiger partial charge >= 0.3 is 12.5 Å². The maximum atomic E-state index is 14.3. The SMILES string of the molecule is Cc1cccc(C)c1-c1cc2nc(n1)NS(=O)(=O)c1cccc(c1)C(=O)N([C@H]1C[C@@H](OC(F)(F)F)C1)[C@H](CC1(C(F)(F)F)CC1)CO2. The highest BCUT2D eigenvalue weighted by molar-refractivity contribution is 7.92. The average molecular weight is 685 g/mol. The zero-order chi connectivity index (χ0) is 33.9. The van der Waals surface area contributed by atoms with Gasteiger partial charge in [-0.05, 0) is 75.3 Å². The molecule has 0 unspecified atom stereocenters. The Kier molecular flexibility index (Phi) is 8.18. The van der Waals surface area contributed by atoms with Crippen molar-refractivity contribution in [1.82, 2.24) is 14.9 Å². The summed E-state index contributed by atoms with van der Waals surface area (Å²) in [4.78, 5) is 23.4. The molecule has 2 saturated carbocycles. The van der Waals surface area contributed by atoms with Crippen molar-refractivity contribution in [2.45, 2.75) is 81.6 Å². The highest BCUT2D eigenvalue weighted by Gasteiger charge is 2.64. The molecule has 0 saturated heterocycles. The minimum atomic E-state index is -4.94. The van der Waals surface area contributed by atoms with E-state index in [0.29, 0.717) is 5.56 Å². The molecule has 4 bridgehead atoms. The summed E-state index contributed by atoms with van der Waals surface area (Å²) in [5, 5.41) is 0.